The minimum Gasteiger partial charge on any atom is -0.504 e. The summed E-state index contributed by atoms with van der Waals surface area (Å²) in [6, 6.07) is 2.56. The lowest BCUT2D eigenvalue weighted by molar-refractivity contribution is -0.122. The fourth-order valence-corrected chi connectivity index (χ4v) is 3.56. The van der Waals surface area contributed by atoms with E-state index in [4.69, 9.17) is 21.1 Å². The fraction of sp³-hybridized carbons (Fsp3) is 0.333. The second-order valence-electron chi connectivity index (χ2n) is 6.65. The van der Waals surface area contributed by atoms with Gasteiger partial charge >= 0.3 is 0 Å². The van der Waals surface area contributed by atoms with Crippen molar-refractivity contribution in [1.29, 1.82) is 0 Å². The molecule has 1 aromatic carbocycles. The summed E-state index contributed by atoms with van der Waals surface area (Å²) in [5.74, 6) is -0.671. The van der Waals surface area contributed by atoms with E-state index in [1.54, 1.807) is 7.05 Å². The Hall–Kier alpha value is -3.27. The topological polar surface area (TPSA) is 123 Å². The third-order valence-corrected chi connectivity index (χ3v) is 5.05. The molecule has 4 rings (SSSR count). The Labute approximate surface area is 169 Å². The number of phenols is 1. The molecule has 2 N–H and O–H groups in total. The number of amides is 2. The summed E-state index contributed by atoms with van der Waals surface area (Å²) >= 11 is 5.76. The highest BCUT2D eigenvalue weighted by molar-refractivity contribution is 6.29. The molecule has 11 heteroatoms. The molecule has 10 nitrogen and oxygen atoms in total. The van der Waals surface area contributed by atoms with Crippen LogP contribution in [0.4, 0.5) is 0 Å². The highest BCUT2D eigenvalue weighted by Gasteiger charge is 2.35. The molecule has 2 aliphatic heterocycles. The number of nitrogens with zero attached hydrogens (tertiary/aromatic N) is 3. The van der Waals surface area contributed by atoms with Crippen molar-refractivity contribution in [3.05, 3.63) is 44.3 Å². The zero-order valence-electron chi connectivity index (χ0n) is 15.4. The van der Waals surface area contributed by atoms with Crippen molar-refractivity contribution in [2.75, 3.05) is 20.4 Å². The monoisotopic (exact) mass is 420 g/mol. The van der Waals surface area contributed by atoms with Gasteiger partial charge in [-0.1, -0.05) is 11.6 Å². The molecule has 0 saturated carbocycles. The average Bonchev–Trinajstić information content (AvgIpc) is 3.17. The molecule has 0 radical (unpaired) electrons. The van der Waals surface area contributed by atoms with E-state index in [-0.39, 0.29) is 48.0 Å². The highest BCUT2D eigenvalue weighted by Crippen LogP contribution is 2.48. The molecule has 2 aromatic rings. The number of phenolic OH excluding ortho intramolecular Hbond substituents is 1. The van der Waals surface area contributed by atoms with Gasteiger partial charge in [0.1, 0.15) is 11.7 Å². The van der Waals surface area contributed by atoms with Gasteiger partial charge in [0.15, 0.2) is 11.5 Å². The van der Waals surface area contributed by atoms with Crippen LogP contribution in [0.5, 0.6) is 17.2 Å². The molecule has 0 saturated heterocycles. The maximum Gasteiger partial charge on any atom is 0.267 e. The number of hydrogen-bond acceptors (Lipinski definition) is 7. The molecular formula is C18H17ClN4O6. The van der Waals surface area contributed by atoms with E-state index in [1.807, 2.05) is 0 Å². The first-order chi connectivity index (χ1) is 13.9. The lowest BCUT2D eigenvalue weighted by Crippen LogP contribution is -2.36. The van der Waals surface area contributed by atoms with E-state index >= 15 is 0 Å². The standard InChI is InChI=1S/C18H17ClN4O6/c1-22-5-4-9-10(16-17(29-8-28-16)15(26)14(9)18(22)27)6-20-12(24)7-23-13(25)3-2-11(19)21-23/h2-3,26H,4-8H2,1H3,(H,20,24). The summed E-state index contributed by atoms with van der Waals surface area (Å²) in [6.07, 6.45) is 0.488. The number of halogens is 1. The van der Waals surface area contributed by atoms with Gasteiger partial charge in [0, 0.05) is 31.8 Å². The molecule has 0 atom stereocenters. The number of carbonyl (C=O) groups is 2. The molecule has 0 bridgehead atoms. The van der Waals surface area contributed by atoms with Crippen molar-refractivity contribution in [3.8, 4) is 17.2 Å². The Morgan fingerprint density at radius 1 is 1.31 bits per heavy atom. The second kappa shape index (κ2) is 7.28. The maximum atomic E-state index is 12.6. The first kappa shape index (κ1) is 19.1. The molecule has 0 unspecified atom stereocenters. The van der Waals surface area contributed by atoms with Crippen LogP contribution < -0.4 is 20.3 Å². The minimum atomic E-state index is -0.476. The van der Waals surface area contributed by atoms with Crippen LogP contribution in [0, 0.1) is 0 Å². The first-order valence-corrected chi connectivity index (χ1v) is 9.16. The number of benzene rings is 1. The average molecular weight is 421 g/mol. The van der Waals surface area contributed by atoms with Gasteiger partial charge < -0.3 is 24.8 Å². The van der Waals surface area contributed by atoms with Gasteiger partial charge in [0.2, 0.25) is 18.4 Å². The second-order valence-corrected chi connectivity index (χ2v) is 7.04. The summed E-state index contributed by atoms with van der Waals surface area (Å²) in [6.45, 7) is 0.0760. The van der Waals surface area contributed by atoms with Gasteiger partial charge in [0.25, 0.3) is 11.5 Å². The van der Waals surface area contributed by atoms with Crippen LogP contribution in [0.2, 0.25) is 5.15 Å². The zero-order valence-corrected chi connectivity index (χ0v) is 16.2. The van der Waals surface area contributed by atoms with Crippen LogP contribution in [0.3, 0.4) is 0 Å². The summed E-state index contributed by atoms with van der Waals surface area (Å²) < 4.78 is 11.8. The van der Waals surface area contributed by atoms with Gasteiger partial charge in [-0.3, -0.25) is 14.4 Å². The smallest absolute Gasteiger partial charge is 0.267 e. The van der Waals surface area contributed by atoms with Gasteiger partial charge in [-0.25, -0.2) is 4.68 Å². The van der Waals surface area contributed by atoms with Crippen molar-refractivity contribution in [2.45, 2.75) is 19.5 Å². The number of carbonyl (C=O) groups excluding carboxylic acids is 2. The van der Waals surface area contributed by atoms with Crippen molar-refractivity contribution in [2.24, 2.45) is 0 Å². The highest BCUT2D eigenvalue weighted by atomic mass is 35.5. The van der Waals surface area contributed by atoms with E-state index in [0.29, 0.717) is 29.8 Å². The van der Waals surface area contributed by atoms with E-state index in [9.17, 15) is 19.5 Å². The summed E-state index contributed by atoms with van der Waals surface area (Å²) in [5, 5.41) is 17.1. The predicted octanol–water partition coefficient (Wildman–Crippen LogP) is 0.275. The van der Waals surface area contributed by atoms with E-state index < -0.39 is 11.5 Å². The molecule has 2 amide bonds. The van der Waals surface area contributed by atoms with Crippen molar-refractivity contribution < 1.29 is 24.2 Å². The Kier molecular flexibility index (Phi) is 4.79. The number of rotatable bonds is 4. The van der Waals surface area contributed by atoms with Gasteiger partial charge in [-0.2, -0.15) is 5.10 Å². The number of likely N-dealkylation sites (N-methyl/N-ethyl adjacent to an activating group) is 1. The van der Waals surface area contributed by atoms with E-state index in [2.05, 4.69) is 10.4 Å². The number of hydrogen-bond donors (Lipinski definition) is 2. The molecule has 29 heavy (non-hydrogen) atoms. The largest absolute Gasteiger partial charge is 0.504 e. The third kappa shape index (κ3) is 3.35. The van der Waals surface area contributed by atoms with Gasteiger partial charge in [-0.05, 0) is 18.1 Å². The summed E-state index contributed by atoms with van der Waals surface area (Å²) in [7, 11) is 1.65. The van der Waals surface area contributed by atoms with Crippen LogP contribution in [0.1, 0.15) is 21.5 Å². The number of fused-ring (bicyclic) bond motifs is 2. The Morgan fingerprint density at radius 2 is 2.07 bits per heavy atom. The minimum absolute atomic E-state index is 0.0272. The molecule has 2 aliphatic rings. The Balaban J connectivity index is 1.62. The summed E-state index contributed by atoms with van der Waals surface area (Å²) in [5.41, 5.74) is 0.859. The molecule has 0 fully saturated rings. The van der Waals surface area contributed by atoms with Gasteiger partial charge in [0.05, 0.1) is 5.56 Å². The van der Waals surface area contributed by atoms with Crippen LogP contribution >= 0.6 is 11.6 Å². The normalized spacial score (nSPS) is 14.7. The number of aromatic hydroxyl groups is 1. The van der Waals surface area contributed by atoms with Gasteiger partial charge in [-0.15, -0.1) is 0 Å². The lowest BCUT2D eigenvalue weighted by Gasteiger charge is -2.28. The van der Waals surface area contributed by atoms with Crippen LogP contribution in [0.25, 0.3) is 0 Å². The molecule has 0 spiro atoms. The molecular weight excluding hydrogens is 404 g/mol. The third-order valence-electron chi connectivity index (χ3n) is 4.85. The van der Waals surface area contributed by atoms with Crippen LogP contribution in [-0.4, -0.2) is 52.0 Å². The molecule has 3 heterocycles. The van der Waals surface area contributed by atoms with Crippen molar-refractivity contribution in [3.63, 3.8) is 0 Å². The van der Waals surface area contributed by atoms with Crippen LogP contribution in [-0.2, 0) is 24.3 Å². The fourth-order valence-electron chi connectivity index (χ4n) is 3.40. The van der Waals surface area contributed by atoms with Crippen LogP contribution in [0.15, 0.2) is 16.9 Å². The SMILES string of the molecule is CN1CCc2c(CNC(=O)Cn3nc(Cl)ccc3=O)c3c(c(O)c2C1=O)OCO3. The molecule has 0 aliphatic carbocycles. The van der Waals surface area contributed by atoms with E-state index in [1.165, 1.54) is 17.0 Å². The lowest BCUT2D eigenvalue weighted by atomic mass is 9.91. The van der Waals surface area contributed by atoms with Crippen molar-refractivity contribution >= 4 is 23.4 Å². The molecule has 1 aromatic heterocycles. The maximum absolute atomic E-state index is 12.6. The number of nitrogens with one attached hydrogen (secondary N) is 1. The number of ether oxygens (including phenoxy) is 2. The Morgan fingerprint density at radius 3 is 2.86 bits per heavy atom. The quantitative estimate of drug-likeness (QED) is 0.728. The zero-order chi connectivity index (χ0) is 20.7. The number of aromatic nitrogens is 2. The predicted molar refractivity (Wildman–Crippen MR) is 100 cm³/mol. The van der Waals surface area contributed by atoms with Crippen molar-refractivity contribution in [1.82, 2.24) is 20.0 Å². The summed E-state index contributed by atoms with van der Waals surface area (Å²) in [4.78, 5) is 38.2. The first-order valence-electron chi connectivity index (χ1n) is 8.79. The Bertz CT molecular complexity index is 1080. The van der Waals surface area contributed by atoms with E-state index in [0.717, 1.165) is 4.68 Å². The molecule has 152 valence electrons.